The second-order valence-electron chi connectivity index (χ2n) is 3.92. The zero-order valence-corrected chi connectivity index (χ0v) is 11.3. The van der Waals surface area contributed by atoms with E-state index in [0.717, 1.165) is 12.3 Å². The van der Waals surface area contributed by atoms with Crippen molar-refractivity contribution in [3.8, 4) is 5.75 Å². The molecule has 0 aromatic heterocycles. The van der Waals surface area contributed by atoms with Gasteiger partial charge in [0.05, 0.1) is 7.11 Å². The minimum atomic E-state index is 0.325. The molecule has 1 rings (SSSR count). The standard InChI is InChI=1S/C13H21NOS/c1-10(16-4)9-14-11(2)12-7-5-6-8-13(12)15-3/h5-8,10-11,14H,9H2,1-4H3/t10-,11-/m0/s1. The van der Waals surface area contributed by atoms with E-state index in [1.54, 1.807) is 7.11 Å². The fourth-order valence-electron chi connectivity index (χ4n) is 1.56. The van der Waals surface area contributed by atoms with Gasteiger partial charge < -0.3 is 10.1 Å². The molecule has 0 spiro atoms. The van der Waals surface area contributed by atoms with Crippen LogP contribution in [0.5, 0.6) is 5.75 Å². The van der Waals surface area contributed by atoms with Gasteiger partial charge in [0.25, 0.3) is 0 Å². The Hall–Kier alpha value is -0.670. The molecule has 16 heavy (non-hydrogen) atoms. The number of nitrogens with one attached hydrogen (secondary N) is 1. The van der Waals surface area contributed by atoms with Gasteiger partial charge in [0.2, 0.25) is 0 Å². The van der Waals surface area contributed by atoms with Gasteiger partial charge >= 0.3 is 0 Å². The molecule has 0 radical (unpaired) electrons. The Bertz CT molecular complexity index is 317. The predicted molar refractivity (Wildman–Crippen MR) is 72.4 cm³/mol. The highest BCUT2D eigenvalue weighted by atomic mass is 32.2. The highest BCUT2D eigenvalue weighted by Crippen LogP contribution is 2.24. The summed E-state index contributed by atoms with van der Waals surface area (Å²) in [4.78, 5) is 0. The van der Waals surface area contributed by atoms with Crippen molar-refractivity contribution in [1.29, 1.82) is 0 Å². The van der Waals surface area contributed by atoms with E-state index in [9.17, 15) is 0 Å². The third-order valence-electron chi connectivity index (χ3n) is 2.72. The van der Waals surface area contributed by atoms with Gasteiger partial charge in [0.1, 0.15) is 5.75 Å². The molecule has 0 aliphatic rings. The van der Waals surface area contributed by atoms with Crippen LogP contribution in [0.3, 0.4) is 0 Å². The molecule has 1 aromatic carbocycles. The zero-order chi connectivity index (χ0) is 12.0. The molecule has 1 N–H and O–H groups in total. The topological polar surface area (TPSA) is 21.3 Å². The van der Waals surface area contributed by atoms with Crippen LogP contribution in [-0.2, 0) is 0 Å². The smallest absolute Gasteiger partial charge is 0.123 e. The molecule has 0 saturated heterocycles. The van der Waals surface area contributed by atoms with Crippen molar-refractivity contribution in [2.75, 3.05) is 19.9 Å². The van der Waals surface area contributed by atoms with Gasteiger partial charge in [-0.05, 0) is 19.2 Å². The molecule has 0 aliphatic heterocycles. The maximum Gasteiger partial charge on any atom is 0.123 e. The van der Waals surface area contributed by atoms with Gasteiger partial charge in [0.15, 0.2) is 0 Å². The van der Waals surface area contributed by atoms with Crippen molar-refractivity contribution in [2.45, 2.75) is 25.1 Å². The number of hydrogen-bond acceptors (Lipinski definition) is 3. The first kappa shape index (κ1) is 13.4. The molecule has 0 unspecified atom stereocenters. The average Bonchev–Trinajstić information content (AvgIpc) is 2.35. The van der Waals surface area contributed by atoms with Crippen molar-refractivity contribution in [3.05, 3.63) is 29.8 Å². The summed E-state index contributed by atoms with van der Waals surface area (Å²) >= 11 is 1.88. The molecule has 90 valence electrons. The monoisotopic (exact) mass is 239 g/mol. The lowest BCUT2D eigenvalue weighted by Crippen LogP contribution is -2.25. The Balaban J connectivity index is 2.61. The second-order valence-corrected chi connectivity index (χ2v) is 5.19. The number of ether oxygens (including phenoxy) is 1. The summed E-state index contributed by atoms with van der Waals surface area (Å²) in [5.74, 6) is 0.958. The molecule has 0 heterocycles. The van der Waals surface area contributed by atoms with E-state index in [1.165, 1.54) is 5.56 Å². The van der Waals surface area contributed by atoms with Crippen LogP contribution in [0.2, 0.25) is 0 Å². The maximum absolute atomic E-state index is 5.35. The van der Waals surface area contributed by atoms with E-state index >= 15 is 0 Å². The first-order chi connectivity index (χ1) is 7.69. The van der Waals surface area contributed by atoms with E-state index in [-0.39, 0.29) is 0 Å². The fraction of sp³-hybridized carbons (Fsp3) is 0.538. The van der Waals surface area contributed by atoms with E-state index in [4.69, 9.17) is 4.74 Å². The van der Waals surface area contributed by atoms with E-state index in [0.29, 0.717) is 11.3 Å². The molecule has 0 fully saturated rings. The number of methoxy groups -OCH3 is 1. The summed E-state index contributed by atoms with van der Waals surface area (Å²) in [5.41, 5.74) is 1.22. The first-order valence-electron chi connectivity index (χ1n) is 5.58. The minimum Gasteiger partial charge on any atom is -0.496 e. The summed E-state index contributed by atoms with van der Waals surface area (Å²) in [5, 5.41) is 4.16. The van der Waals surface area contributed by atoms with Gasteiger partial charge in [-0.3, -0.25) is 0 Å². The molecule has 1 aromatic rings. The highest BCUT2D eigenvalue weighted by molar-refractivity contribution is 7.99. The van der Waals surface area contributed by atoms with Gasteiger partial charge in [-0.1, -0.05) is 25.1 Å². The van der Waals surface area contributed by atoms with Gasteiger partial charge in [-0.15, -0.1) is 0 Å². The van der Waals surface area contributed by atoms with Crippen LogP contribution in [0.15, 0.2) is 24.3 Å². The van der Waals surface area contributed by atoms with Crippen LogP contribution < -0.4 is 10.1 Å². The molecular formula is C13H21NOS. The predicted octanol–water partition coefficient (Wildman–Crippen LogP) is 3.10. The van der Waals surface area contributed by atoms with Gasteiger partial charge in [-0.2, -0.15) is 11.8 Å². The van der Waals surface area contributed by atoms with Gasteiger partial charge in [-0.25, -0.2) is 0 Å². The molecule has 2 nitrogen and oxygen atoms in total. The molecule has 0 bridgehead atoms. The SMILES string of the molecule is COc1ccccc1[C@H](C)NC[C@H](C)SC. The lowest BCUT2D eigenvalue weighted by molar-refractivity contribution is 0.402. The molecule has 3 heteroatoms. The molecule has 0 aliphatic carbocycles. The summed E-state index contributed by atoms with van der Waals surface area (Å²) < 4.78 is 5.35. The lowest BCUT2D eigenvalue weighted by atomic mass is 10.1. The van der Waals surface area contributed by atoms with Crippen LogP contribution in [0.1, 0.15) is 25.5 Å². The maximum atomic E-state index is 5.35. The fourth-order valence-corrected chi connectivity index (χ4v) is 1.82. The normalized spacial score (nSPS) is 14.5. The Kier molecular flexibility index (Phi) is 5.71. The Morgan fingerprint density at radius 1 is 1.31 bits per heavy atom. The van der Waals surface area contributed by atoms with Crippen LogP contribution >= 0.6 is 11.8 Å². The Morgan fingerprint density at radius 2 is 2.00 bits per heavy atom. The molecular weight excluding hydrogens is 218 g/mol. The van der Waals surface area contributed by atoms with E-state index in [2.05, 4.69) is 31.5 Å². The van der Waals surface area contributed by atoms with E-state index < -0.39 is 0 Å². The van der Waals surface area contributed by atoms with Crippen molar-refractivity contribution in [1.82, 2.24) is 5.32 Å². The second kappa shape index (κ2) is 6.81. The lowest BCUT2D eigenvalue weighted by Gasteiger charge is -2.19. The highest BCUT2D eigenvalue weighted by Gasteiger charge is 2.10. The number of para-hydroxylation sites is 1. The molecule has 0 amide bonds. The summed E-state index contributed by atoms with van der Waals surface area (Å²) in [6.45, 7) is 5.41. The van der Waals surface area contributed by atoms with Crippen LogP contribution in [0, 0.1) is 0 Å². The number of thioether (sulfide) groups is 1. The number of benzene rings is 1. The average molecular weight is 239 g/mol. The van der Waals surface area contributed by atoms with Crippen molar-refractivity contribution in [3.63, 3.8) is 0 Å². The van der Waals surface area contributed by atoms with Crippen molar-refractivity contribution < 1.29 is 4.74 Å². The zero-order valence-electron chi connectivity index (χ0n) is 10.5. The molecule has 2 atom stereocenters. The van der Waals surface area contributed by atoms with Crippen molar-refractivity contribution >= 4 is 11.8 Å². The Morgan fingerprint density at radius 3 is 2.62 bits per heavy atom. The molecule has 0 saturated carbocycles. The largest absolute Gasteiger partial charge is 0.496 e. The third kappa shape index (κ3) is 3.72. The summed E-state index contributed by atoms with van der Waals surface area (Å²) in [7, 11) is 1.72. The quantitative estimate of drug-likeness (QED) is 0.824. The summed E-state index contributed by atoms with van der Waals surface area (Å²) in [6, 6.07) is 8.49. The van der Waals surface area contributed by atoms with E-state index in [1.807, 2.05) is 30.0 Å². The third-order valence-corrected chi connectivity index (χ3v) is 3.69. The first-order valence-corrected chi connectivity index (χ1v) is 6.87. The van der Waals surface area contributed by atoms with Crippen LogP contribution in [-0.4, -0.2) is 25.2 Å². The van der Waals surface area contributed by atoms with Gasteiger partial charge in [0, 0.05) is 23.4 Å². The van der Waals surface area contributed by atoms with Crippen LogP contribution in [0.25, 0.3) is 0 Å². The minimum absolute atomic E-state index is 0.325. The van der Waals surface area contributed by atoms with Crippen LogP contribution in [0.4, 0.5) is 0 Å². The number of hydrogen-bond donors (Lipinski definition) is 1. The van der Waals surface area contributed by atoms with Crippen molar-refractivity contribution in [2.24, 2.45) is 0 Å². The summed E-state index contributed by atoms with van der Waals surface area (Å²) in [6.07, 6.45) is 2.14. The number of rotatable bonds is 6. The Labute approximate surface area is 103 Å².